The second-order valence-electron chi connectivity index (χ2n) is 7.74. The molecule has 5 heteroatoms. The van der Waals surface area contributed by atoms with Gasteiger partial charge < -0.3 is 4.74 Å². The number of amides is 2. The molecule has 4 rings (SSSR count). The Morgan fingerprint density at radius 2 is 2.00 bits per heavy atom. The lowest BCUT2D eigenvalue weighted by Gasteiger charge is -2.25. The van der Waals surface area contributed by atoms with Gasteiger partial charge in [0.2, 0.25) is 5.91 Å². The highest BCUT2D eigenvalue weighted by atomic mass is 16.6. The van der Waals surface area contributed by atoms with Gasteiger partial charge >= 0.3 is 6.09 Å². The molecule has 2 aliphatic heterocycles. The van der Waals surface area contributed by atoms with E-state index < -0.39 is 6.09 Å². The van der Waals surface area contributed by atoms with Crippen molar-refractivity contribution < 1.29 is 14.3 Å². The predicted octanol–water partition coefficient (Wildman–Crippen LogP) is 2.72. The molecule has 0 spiro atoms. The van der Waals surface area contributed by atoms with E-state index in [2.05, 4.69) is 11.5 Å². The monoisotopic (exact) mass is 354 g/mol. The minimum Gasteiger partial charge on any atom is -0.447 e. The molecule has 3 atom stereocenters. The lowest BCUT2D eigenvalue weighted by atomic mass is 9.90. The van der Waals surface area contributed by atoms with Crippen LogP contribution in [0.25, 0.3) is 0 Å². The van der Waals surface area contributed by atoms with Crippen LogP contribution in [0.5, 0.6) is 0 Å². The highest BCUT2D eigenvalue weighted by molar-refractivity contribution is 5.95. The van der Waals surface area contributed by atoms with Crippen LogP contribution in [0.15, 0.2) is 43.0 Å². The standard InChI is InChI=1S/C21H26N2O3/c1-2-10-22-12-18(16-8-9-16)19(13-22)20(24)23-17(14-26-21(23)25)11-15-6-4-3-5-7-15/h2-7,16-19H,1,8-14H2/t17-,18-,19+/m0/s1. The Kier molecular flexibility index (Phi) is 4.81. The lowest BCUT2D eigenvalue weighted by molar-refractivity contribution is -0.134. The van der Waals surface area contributed by atoms with Crippen molar-refractivity contribution in [2.75, 3.05) is 26.2 Å². The molecule has 2 saturated heterocycles. The van der Waals surface area contributed by atoms with Gasteiger partial charge in [-0.3, -0.25) is 9.69 Å². The van der Waals surface area contributed by atoms with Gasteiger partial charge in [0.05, 0.1) is 12.0 Å². The molecule has 138 valence electrons. The zero-order valence-corrected chi connectivity index (χ0v) is 15.0. The van der Waals surface area contributed by atoms with Crippen LogP contribution in [0.1, 0.15) is 18.4 Å². The van der Waals surface area contributed by atoms with Gasteiger partial charge in [-0.1, -0.05) is 36.4 Å². The third-order valence-corrected chi connectivity index (χ3v) is 5.89. The van der Waals surface area contributed by atoms with Crippen LogP contribution in [0.3, 0.4) is 0 Å². The van der Waals surface area contributed by atoms with Crippen molar-refractivity contribution in [1.29, 1.82) is 0 Å². The molecule has 3 fully saturated rings. The Morgan fingerprint density at radius 1 is 1.23 bits per heavy atom. The quantitative estimate of drug-likeness (QED) is 0.737. The second-order valence-corrected chi connectivity index (χ2v) is 7.74. The van der Waals surface area contributed by atoms with Gasteiger partial charge in [0.1, 0.15) is 6.61 Å². The third kappa shape index (κ3) is 3.40. The van der Waals surface area contributed by atoms with E-state index in [9.17, 15) is 9.59 Å². The number of hydrogen-bond acceptors (Lipinski definition) is 4. The number of imide groups is 1. The van der Waals surface area contributed by atoms with Crippen molar-refractivity contribution in [3.05, 3.63) is 48.6 Å². The molecule has 0 unspecified atom stereocenters. The molecular formula is C21H26N2O3. The maximum Gasteiger partial charge on any atom is 0.416 e. The minimum atomic E-state index is -0.479. The minimum absolute atomic E-state index is 0.0445. The fourth-order valence-electron chi connectivity index (χ4n) is 4.45. The van der Waals surface area contributed by atoms with Gasteiger partial charge in [-0.05, 0) is 36.7 Å². The summed E-state index contributed by atoms with van der Waals surface area (Å²) in [4.78, 5) is 29.3. The Bertz CT molecular complexity index is 686. The van der Waals surface area contributed by atoms with Gasteiger partial charge in [-0.2, -0.15) is 0 Å². The van der Waals surface area contributed by atoms with Crippen LogP contribution in [0.4, 0.5) is 4.79 Å². The number of hydrogen-bond donors (Lipinski definition) is 0. The highest BCUT2D eigenvalue weighted by Gasteiger charge is 2.49. The average molecular weight is 354 g/mol. The average Bonchev–Trinajstić information content (AvgIpc) is 3.31. The van der Waals surface area contributed by atoms with Crippen LogP contribution in [0.2, 0.25) is 0 Å². The fourth-order valence-corrected chi connectivity index (χ4v) is 4.45. The number of carbonyl (C=O) groups excluding carboxylic acids is 2. The largest absolute Gasteiger partial charge is 0.447 e. The van der Waals surface area contributed by atoms with Crippen molar-refractivity contribution in [2.45, 2.75) is 25.3 Å². The topological polar surface area (TPSA) is 49.9 Å². The van der Waals surface area contributed by atoms with Gasteiger partial charge in [0.15, 0.2) is 0 Å². The van der Waals surface area contributed by atoms with E-state index in [4.69, 9.17) is 4.74 Å². The van der Waals surface area contributed by atoms with Crippen LogP contribution in [-0.2, 0) is 16.0 Å². The summed E-state index contributed by atoms with van der Waals surface area (Å²) in [6.07, 6.45) is 4.46. The summed E-state index contributed by atoms with van der Waals surface area (Å²) in [6, 6.07) is 9.78. The van der Waals surface area contributed by atoms with E-state index in [1.807, 2.05) is 36.4 Å². The van der Waals surface area contributed by atoms with E-state index in [1.54, 1.807) is 0 Å². The SMILES string of the molecule is C=CCN1C[C@@H](C(=O)N2C(=O)OC[C@@H]2Cc2ccccc2)[C@H](C2CC2)C1. The fraction of sp³-hybridized carbons (Fsp3) is 0.524. The first-order valence-corrected chi connectivity index (χ1v) is 9.54. The second kappa shape index (κ2) is 7.23. The molecule has 1 aromatic rings. The van der Waals surface area contributed by atoms with Gasteiger partial charge in [0, 0.05) is 19.6 Å². The molecule has 26 heavy (non-hydrogen) atoms. The number of cyclic esters (lactones) is 1. The maximum atomic E-state index is 13.3. The van der Waals surface area contributed by atoms with Crippen LogP contribution < -0.4 is 0 Å². The zero-order valence-electron chi connectivity index (χ0n) is 15.0. The molecular weight excluding hydrogens is 328 g/mol. The Labute approximate surface area is 154 Å². The van der Waals surface area contributed by atoms with Gasteiger partial charge in [-0.25, -0.2) is 9.69 Å². The van der Waals surface area contributed by atoms with Gasteiger partial charge in [0.25, 0.3) is 0 Å². The molecule has 0 N–H and O–H groups in total. The molecule has 0 aromatic heterocycles. The summed E-state index contributed by atoms with van der Waals surface area (Å²) in [5.74, 6) is 0.835. The first-order valence-electron chi connectivity index (χ1n) is 9.54. The smallest absolute Gasteiger partial charge is 0.416 e. The summed E-state index contributed by atoms with van der Waals surface area (Å²) < 4.78 is 5.25. The molecule has 1 saturated carbocycles. The van der Waals surface area contributed by atoms with E-state index in [0.29, 0.717) is 24.8 Å². The summed E-state index contributed by atoms with van der Waals surface area (Å²) >= 11 is 0. The number of likely N-dealkylation sites (tertiary alicyclic amines) is 1. The summed E-state index contributed by atoms with van der Waals surface area (Å²) in [5.41, 5.74) is 1.12. The number of carbonyl (C=O) groups is 2. The summed E-state index contributed by atoms with van der Waals surface area (Å²) in [5, 5.41) is 0. The molecule has 2 amide bonds. The summed E-state index contributed by atoms with van der Waals surface area (Å²) in [7, 11) is 0. The van der Waals surface area contributed by atoms with Crippen LogP contribution in [-0.4, -0.2) is 54.1 Å². The zero-order chi connectivity index (χ0) is 18.1. The van der Waals surface area contributed by atoms with Crippen molar-refractivity contribution >= 4 is 12.0 Å². The highest BCUT2D eigenvalue weighted by Crippen LogP contribution is 2.44. The Balaban J connectivity index is 1.50. The molecule has 2 heterocycles. The van der Waals surface area contributed by atoms with E-state index in [0.717, 1.165) is 18.7 Å². The predicted molar refractivity (Wildman–Crippen MR) is 98.5 cm³/mol. The van der Waals surface area contributed by atoms with Crippen LogP contribution >= 0.6 is 0 Å². The van der Waals surface area contributed by atoms with E-state index in [-0.39, 0.29) is 24.5 Å². The van der Waals surface area contributed by atoms with E-state index in [1.165, 1.54) is 17.7 Å². The molecule has 3 aliphatic rings. The first-order chi connectivity index (χ1) is 12.7. The summed E-state index contributed by atoms with van der Waals surface area (Å²) in [6.45, 7) is 6.55. The normalized spacial score (nSPS) is 29.0. The van der Waals surface area contributed by atoms with Crippen molar-refractivity contribution in [3.8, 4) is 0 Å². The maximum absolute atomic E-state index is 13.3. The third-order valence-electron chi connectivity index (χ3n) is 5.89. The lowest BCUT2D eigenvalue weighted by Crippen LogP contribution is -2.45. The first kappa shape index (κ1) is 17.3. The van der Waals surface area contributed by atoms with Crippen molar-refractivity contribution in [2.24, 2.45) is 17.8 Å². The molecule has 1 aromatic carbocycles. The van der Waals surface area contributed by atoms with Crippen molar-refractivity contribution in [3.63, 3.8) is 0 Å². The Morgan fingerprint density at radius 3 is 2.69 bits per heavy atom. The molecule has 1 aliphatic carbocycles. The molecule has 0 bridgehead atoms. The van der Waals surface area contributed by atoms with Gasteiger partial charge in [-0.15, -0.1) is 6.58 Å². The molecule has 0 radical (unpaired) electrons. The number of nitrogens with zero attached hydrogens (tertiary/aromatic N) is 2. The molecule has 5 nitrogen and oxygen atoms in total. The van der Waals surface area contributed by atoms with Crippen molar-refractivity contribution in [1.82, 2.24) is 9.80 Å². The Hall–Kier alpha value is -2.14. The number of ether oxygens (including phenoxy) is 1. The number of rotatable bonds is 6. The van der Waals surface area contributed by atoms with E-state index >= 15 is 0 Å². The number of benzene rings is 1. The van der Waals surface area contributed by atoms with Crippen LogP contribution in [0, 0.1) is 17.8 Å².